The Morgan fingerprint density at radius 1 is 1.36 bits per heavy atom. The molecule has 0 aromatic carbocycles. The molecule has 1 fully saturated rings. The lowest BCUT2D eigenvalue weighted by Crippen LogP contribution is -2.39. The average molecular weight is 211 g/mol. The Morgan fingerprint density at radius 2 is 2.07 bits per heavy atom. The molecule has 3 aliphatic rings. The van der Waals surface area contributed by atoms with Gasteiger partial charge in [0.1, 0.15) is 0 Å². The zero-order chi connectivity index (χ0) is 8.84. The summed E-state index contributed by atoms with van der Waals surface area (Å²) in [5.41, 5.74) is 4.04. The van der Waals surface area contributed by atoms with Crippen LogP contribution >= 0.6 is 12.4 Å². The van der Waals surface area contributed by atoms with E-state index in [1.54, 1.807) is 0 Å². The maximum Gasteiger partial charge on any atom is 0.0669 e. The molecule has 1 aromatic heterocycles. The van der Waals surface area contributed by atoms with Gasteiger partial charge in [0.25, 0.3) is 0 Å². The predicted molar refractivity (Wildman–Crippen MR) is 60.4 cm³/mol. The maximum atomic E-state index is 4.56. The number of pyridine rings is 1. The third-order valence-corrected chi connectivity index (χ3v) is 3.26. The lowest BCUT2D eigenvalue weighted by atomic mass is 9.86. The smallest absolute Gasteiger partial charge is 0.0669 e. The third-order valence-electron chi connectivity index (χ3n) is 3.26. The highest BCUT2D eigenvalue weighted by Crippen LogP contribution is 2.40. The summed E-state index contributed by atoms with van der Waals surface area (Å²) in [5, 5.41) is 0. The minimum atomic E-state index is 0. The summed E-state index contributed by atoms with van der Waals surface area (Å²) in [5.74, 6) is 0.751. The highest BCUT2D eigenvalue weighted by atomic mass is 35.5. The van der Waals surface area contributed by atoms with Crippen LogP contribution in [0.1, 0.15) is 30.0 Å². The Balaban J connectivity index is 0.000000750. The molecule has 0 aliphatic carbocycles. The molecule has 0 spiro atoms. The monoisotopic (exact) mass is 210 g/mol. The number of hydrogen-bond acceptors (Lipinski definition) is 2. The van der Waals surface area contributed by atoms with Crippen molar-refractivity contribution >= 4 is 18.1 Å². The second kappa shape index (κ2) is 3.43. The Morgan fingerprint density at radius 3 is 2.79 bits per heavy atom. The Hall–Kier alpha value is -0.760. The highest BCUT2D eigenvalue weighted by Gasteiger charge is 2.31. The summed E-state index contributed by atoms with van der Waals surface area (Å²) in [6.45, 7) is 4.60. The fourth-order valence-corrected chi connectivity index (χ4v) is 2.53. The Labute approximate surface area is 90.7 Å². The molecule has 14 heavy (non-hydrogen) atoms. The van der Waals surface area contributed by atoms with Gasteiger partial charge in [-0.3, -0.25) is 4.98 Å². The largest absolute Gasteiger partial charge is 0.370 e. The molecule has 3 heteroatoms. The highest BCUT2D eigenvalue weighted by molar-refractivity contribution is 5.85. The third kappa shape index (κ3) is 1.29. The van der Waals surface area contributed by atoms with E-state index in [1.165, 1.54) is 42.9 Å². The summed E-state index contributed by atoms with van der Waals surface area (Å²) < 4.78 is 0. The summed E-state index contributed by atoms with van der Waals surface area (Å²) in [7, 11) is 0. The number of halogens is 1. The lowest BCUT2D eigenvalue weighted by molar-refractivity contribution is 0.463. The van der Waals surface area contributed by atoms with Gasteiger partial charge in [0.15, 0.2) is 0 Å². The van der Waals surface area contributed by atoms with E-state index in [0.717, 1.165) is 5.92 Å². The van der Waals surface area contributed by atoms with Crippen LogP contribution in [-0.2, 0) is 0 Å². The predicted octanol–water partition coefficient (Wildman–Crippen LogP) is 2.51. The molecule has 76 valence electrons. The van der Waals surface area contributed by atoms with Gasteiger partial charge >= 0.3 is 0 Å². The van der Waals surface area contributed by atoms with Crippen LogP contribution in [0.25, 0.3) is 0 Å². The normalized spacial score (nSPS) is 19.1. The standard InChI is InChI=1S/C11H14N2.ClH/c1-8-6-10-11(12-7-8)9-2-4-13(10)5-3-9;/h6-7,9H,2-5H2,1H3;1H. The van der Waals surface area contributed by atoms with Crippen LogP contribution in [0.2, 0.25) is 0 Å². The summed E-state index contributed by atoms with van der Waals surface area (Å²) in [6.07, 6.45) is 4.62. The molecule has 0 saturated carbocycles. The number of hydrogen-bond donors (Lipinski definition) is 0. The first kappa shape index (κ1) is 9.78. The molecule has 0 unspecified atom stereocenters. The molecule has 0 radical (unpaired) electrons. The van der Waals surface area contributed by atoms with Crippen molar-refractivity contribution in [3.63, 3.8) is 0 Å². The molecule has 3 aliphatic heterocycles. The number of rotatable bonds is 0. The Bertz CT molecular complexity index is 343. The van der Waals surface area contributed by atoms with Gasteiger partial charge in [-0.2, -0.15) is 0 Å². The van der Waals surface area contributed by atoms with Gasteiger partial charge in [-0.15, -0.1) is 12.4 Å². The van der Waals surface area contributed by atoms with Crippen LogP contribution < -0.4 is 4.90 Å². The lowest BCUT2D eigenvalue weighted by Gasteiger charge is -2.41. The summed E-state index contributed by atoms with van der Waals surface area (Å²) in [4.78, 5) is 7.04. The fourth-order valence-electron chi connectivity index (χ4n) is 2.53. The number of nitrogens with zero attached hydrogens (tertiary/aromatic N) is 2. The van der Waals surface area contributed by atoms with Gasteiger partial charge in [0.2, 0.25) is 0 Å². The molecule has 2 bridgehead atoms. The molecular formula is C11H15ClN2. The molecule has 0 N–H and O–H groups in total. The van der Waals surface area contributed by atoms with Crippen molar-refractivity contribution in [3.05, 3.63) is 23.5 Å². The van der Waals surface area contributed by atoms with Gasteiger partial charge in [-0.05, 0) is 31.4 Å². The van der Waals surface area contributed by atoms with Crippen molar-refractivity contribution in [3.8, 4) is 0 Å². The van der Waals surface area contributed by atoms with Crippen LogP contribution in [0.5, 0.6) is 0 Å². The topological polar surface area (TPSA) is 16.1 Å². The Kier molecular flexibility index (Phi) is 2.40. The first-order valence-corrected chi connectivity index (χ1v) is 5.06. The van der Waals surface area contributed by atoms with Gasteiger partial charge in [-0.25, -0.2) is 0 Å². The molecule has 4 rings (SSSR count). The molecule has 1 saturated heterocycles. The molecule has 4 heterocycles. The van der Waals surface area contributed by atoms with Crippen molar-refractivity contribution in [2.24, 2.45) is 0 Å². The van der Waals surface area contributed by atoms with E-state index in [0.29, 0.717) is 0 Å². The first-order chi connectivity index (χ1) is 6.34. The SMILES string of the molecule is Cc1cnc2c(c1)N1CCC2CC1.Cl. The number of aryl methyl sites for hydroxylation is 1. The van der Waals surface area contributed by atoms with Crippen molar-refractivity contribution < 1.29 is 0 Å². The average Bonchev–Trinajstić information content (AvgIpc) is 2.19. The van der Waals surface area contributed by atoms with E-state index in [4.69, 9.17) is 0 Å². The quantitative estimate of drug-likeness (QED) is 0.654. The van der Waals surface area contributed by atoms with Gasteiger partial charge in [0, 0.05) is 25.2 Å². The fraction of sp³-hybridized carbons (Fsp3) is 0.545. The van der Waals surface area contributed by atoms with Gasteiger partial charge in [-0.1, -0.05) is 0 Å². The van der Waals surface area contributed by atoms with E-state index < -0.39 is 0 Å². The van der Waals surface area contributed by atoms with Crippen LogP contribution in [0.15, 0.2) is 12.3 Å². The number of fused-ring (bicyclic) bond motifs is 2. The number of aromatic nitrogens is 1. The zero-order valence-electron chi connectivity index (χ0n) is 8.36. The van der Waals surface area contributed by atoms with Crippen molar-refractivity contribution in [1.82, 2.24) is 4.98 Å². The molecule has 1 aromatic rings. The van der Waals surface area contributed by atoms with Crippen LogP contribution in [0.3, 0.4) is 0 Å². The second-order valence-electron chi connectivity index (χ2n) is 4.18. The van der Waals surface area contributed by atoms with E-state index in [2.05, 4.69) is 22.9 Å². The summed E-state index contributed by atoms with van der Waals surface area (Å²) >= 11 is 0. The van der Waals surface area contributed by atoms with Crippen molar-refractivity contribution in [2.75, 3.05) is 18.0 Å². The first-order valence-electron chi connectivity index (χ1n) is 5.06. The molecule has 0 amide bonds. The van der Waals surface area contributed by atoms with E-state index in [9.17, 15) is 0 Å². The number of anilines is 1. The number of piperidine rings is 1. The molecule has 0 atom stereocenters. The van der Waals surface area contributed by atoms with Crippen molar-refractivity contribution in [1.29, 1.82) is 0 Å². The van der Waals surface area contributed by atoms with E-state index in [-0.39, 0.29) is 12.4 Å². The maximum absolute atomic E-state index is 4.56. The summed E-state index contributed by atoms with van der Waals surface area (Å²) in [6, 6.07) is 2.29. The second-order valence-corrected chi connectivity index (χ2v) is 4.18. The van der Waals surface area contributed by atoms with E-state index in [1.807, 2.05) is 6.20 Å². The van der Waals surface area contributed by atoms with Crippen LogP contribution in [0.4, 0.5) is 5.69 Å². The van der Waals surface area contributed by atoms with Gasteiger partial charge in [0.05, 0.1) is 11.4 Å². The van der Waals surface area contributed by atoms with Crippen molar-refractivity contribution in [2.45, 2.75) is 25.7 Å². The van der Waals surface area contributed by atoms with Gasteiger partial charge < -0.3 is 4.90 Å². The molecule has 2 nitrogen and oxygen atoms in total. The minimum Gasteiger partial charge on any atom is -0.370 e. The van der Waals surface area contributed by atoms with E-state index >= 15 is 0 Å². The minimum absolute atomic E-state index is 0. The molecular weight excluding hydrogens is 196 g/mol. The van der Waals surface area contributed by atoms with Crippen LogP contribution in [0, 0.1) is 6.92 Å². The zero-order valence-corrected chi connectivity index (χ0v) is 9.18. The van der Waals surface area contributed by atoms with Crippen LogP contribution in [-0.4, -0.2) is 18.1 Å².